The molecule has 170 valence electrons. The second kappa shape index (κ2) is 10.1. The minimum atomic E-state index is -1.06. The first-order valence-corrected chi connectivity index (χ1v) is 11.1. The third kappa shape index (κ3) is 4.80. The number of allylic oxidation sites excluding steroid dienone is 1. The SMILES string of the molecule is CCOC(C(=O)O)=C(CC)c1ccc(OCCN2c3ccccc3Oc3ccccc32)cc1. The molecule has 0 amide bonds. The van der Waals surface area contributed by atoms with Gasteiger partial charge in [0.1, 0.15) is 12.4 Å². The van der Waals surface area contributed by atoms with E-state index < -0.39 is 5.97 Å². The van der Waals surface area contributed by atoms with Crippen LogP contribution in [0.5, 0.6) is 17.2 Å². The predicted molar refractivity (Wildman–Crippen MR) is 128 cm³/mol. The van der Waals surface area contributed by atoms with Gasteiger partial charge in [0.15, 0.2) is 11.5 Å². The molecular formula is C27H27NO5. The average molecular weight is 446 g/mol. The molecule has 0 aromatic heterocycles. The molecule has 1 heterocycles. The summed E-state index contributed by atoms with van der Waals surface area (Å²) in [4.78, 5) is 13.8. The Kier molecular flexibility index (Phi) is 6.83. The van der Waals surface area contributed by atoms with Crippen molar-refractivity contribution in [1.82, 2.24) is 0 Å². The first-order chi connectivity index (χ1) is 16.1. The highest BCUT2D eigenvalue weighted by Gasteiger charge is 2.23. The molecular weight excluding hydrogens is 418 g/mol. The number of rotatable bonds is 9. The Morgan fingerprint density at radius 2 is 1.52 bits per heavy atom. The molecule has 0 saturated carbocycles. The van der Waals surface area contributed by atoms with E-state index in [1.165, 1.54) is 0 Å². The van der Waals surface area contributed by atoms with Gasteiger partial charge in [-0.2, -0.15) is 0 Å². The highest BCUT2D eigenvalue weighted by atomic mass is 16.5. The third-order valence-corrected chi connectivity index (χ3v) is 5.43. The molecule has 33 heavy (non-hydrogen) atoms. The van der Waals surface area contributed by atoms with Crippen LogP contribution in [0.15, 0.2) is 78.6 Å². The Bertz CT molecular complexity index is 1110. The zero-order chi connectivity index (χ0) is 23.2. The fourth-order valence-electron chi connectivity index (χ4n) is 3.95. The molecule has 0 bridgehead atoms. The van der Waals surface area contributed by atoms with Gasteiger partial charge in [-0.05, 0) is 55.3 Å². The van der Waals surface area contributed by atoms with Crippen molar-refractivity contribution in [3.63, 3.8) is 0 Å². The maximum absolute atomic E-state index is 11.6. The van der Waals surface area contributed by atoms with Gasteiger partial charge in [0.25, 0.3) is 0 Å². The number of ether oxygens (including phenoxy) is 3. The molecule has 0 unspecified atom stereocenters. The Morgan fingerprint density at radius 3 is 2.06 bits per heavy atom. The molecule has 6 heteroatoms. The molecule has 0 fully saturated rings. The maximum Gasteiger partial charge on any atom is 0.371 e. The quantitative estimate of drug-likeness (QED) is 0.310. The lowest BCUT2D eigenvalue weighted by atomic mass is 10.0. The second-order valence-electron chi connectivity index (χ2n) is 7.46. The fraction of sp³-hybridized carbons (Fsp3) is 0.222. The number of aliphatic carboxylic acids is 1. The summed E-state index contributed by atoms with van der Waals surface area (Å²) in [6.45, 7) is 5.11. The maximum atomic E-state index is 11.6. The smallest absolute Gasteiger partial charge is 0.371 e. The van der Waals surface area contributed by atoms with E-state index in [0.717, 1.165) is 34.2 Å². The number of carbonyl (C=O) groups is 1. The standard InChI is InChI=1S/C27H27NO5/c1-3-21(26(27(29)30)31-4-2)19-13-15-20(16-14-19)32-18-17-28-22-9-5-7-11-24(22)33-25-12-8-6-10-23(25)28/h5-16H,3-4,17-18H2,1-2H3,(H,29,30). The third-order valence-electron chi connectivity index (χ3n) is 5.43. The van der Waals surface area contributed by atoms with Gasteiger partial charge in [-0.25, -0.2) is 4.79 Å². The molecule has 3 aromatic rings. The lowest BCUT2D eigenvalue weighted by Crippen LogP contribution is -2.26. The lowest BCUT2D eigenvalue weighted by molar-refractivity contribution is -0.136. The molecule has 0 aliphatic carbocycles. The van der Waals surface area contributed by atoms with Gasteiger partial charge in [0, 0.05) is 5.57 Å². The van der Waals surface area contributed by atoms with Gasteiger partial charge >= 0.3 is 5.97 Å². The first-order valence-electron chi connectivity index (χ1n) is 11.1. The van der Waals surface area contributed by atoms with E-state index in [2.05, 4.69) is 4.90 Å². The van der Waals surface area contributed by atoms with Crippen molar-refractivity contribution < 1.29 is 24.1 Å². The molecule has 0 spiro atoms. The van der Waals surface area contributed by atoms with E-state index in [1.54, 1.807) is 6.92 Å². The van der Waals surface area contributed by atoms with E-state index in [4.69, 9.17) is 14.2 Å². The van der Waals surface area contributed by atoms with Crippen LogP contribution in [-0.4, -0.2) is 30.8 Å². The van der Waals surface area contributed by atoms with Crippen molar-refractivity contribution in [2.45, 2.75) is 20.3 Å². The van der Waals surface area contributed by atoms with E-state index in [-0.39, 0.29) is 5.76 Å². The van der Waals surface area contributed by atoms with Gasteiger partial charge in [0.05, 0.1) is 24.5 Å². The molecule has 1 aliphatic heterocycles. The van der Waals surface area contributed by atoms with Crippen LogP contribution in [0.1, 0.15) is 25.8 Å². The van der Waals surface area contributed by atoms with E-state index in [0.29, 0.717) is 31.8 Å². The number of hydrogen-bond donors (Lipinski definition) is 1. The summed E-state index contributed by atoms with van der Waals surface area (Å²) >= 11 is 0. The summed E-state index contributed by atoms with van der Waals surface area (Å²) < 4.78 is 17.4. The predicted octanol–water partition coefficient (Wildman–Crippen LogP) is 6.25. The number of fused-ring (bicyclic) bond motifs is 2. The van der Waals surface area contributed by atoms with Gasteiger partial charge in [-0.3, -0.25) is 0 Å². The van der Waals surface area contributed by atoms with Crippen molar-refractivity contribution in [3.05, 3.63) is 84.1 Å². The minimum Gasteiger partial charge on any atom is -0.492 e. The highest BCUT2D eigenvalue weighted by molar-refractivity contribution is 5.94. The summed E-state index contributed by atoms with van der Waals surface area (Å²) in [5, 5.41) is 9.48. The van der Waals surface area contributed by atoms with Crippen LogP contribution in [0.4, 0.5) is 11.4 Å². The Hall–Kier alpha value is -3.93. The van der Waals surface area contributed by atoms with Gasteiger partial charge in [-0.15, -0.1) is 0 Å². The van der Waals surface area contributed by atoms with Gasteiger partial charge < -0.3 is 24.2 Å². The number of carboxylic acid groups (broad SMARTS) is 1. The van der Waals surface area contributed by atoms with Crippen molar-refractivity contribution in [1.29, 1.82) is 0 Å². The van der Waals surface area contributed by atoms with Crippen LogP contribution in [0, 0.1) is 0 Å². The molecule has 0 atom stereocenters. The van der Waals surface area contributed by atoms with Gasteiger partial charge in [0.2, 0.25) is 5.76 Å². The Morgan fingerprint density at radius 1 is 0.909 bits per heavy atom. The minimum absolute atomic E-state index is 0.00156. The zero-order valence-electron chi connectivity index (χ0n) is 18.8. The van der Waals surface area contributed by atoms with E-state index >= 15 is 0 Å². The van der Waals surface area contributed by atoms with Crippen LogP contribution >= 0.6 is 0 Å². The molecule has 4 rings (SSSR count). The summed E-state index contributed by atoms with van der Waals surface area (Å²) in [6, 6.07) is 23.4. The molecule has 1 N–H and O–H groups in total. The number of nitrogens with zero attached hydrogens (tertiary/aromatic N) is 1. The lowest BCUT2D eigenvalue weighted by Gasteiger charge is -2.32. The van der Waals surface area contributed by atoms with E-state index in [1.807, 2.05) is 79.7 Å². The van der Waals surface area contributed by atoms with E-state index in [9.17, 15) is 9.90 Å². The Labute approximate surface area is 193 Å². The number of benzene rings is 3. The topological polar surface area (TPSA) is 68.2 Å². The molecule has 0 saturated heterocycles. The van der Waals surface area contributed by atoms with Crippen molar-refractivity contribution in [2.24, 2.45) is 0 Å². The van der Waals surface area contributed by atoms with Crippen molar-refractivity contribution in [3.8, 4) is 17.2 Å². The van der Waals surface area contributed by atoms with Crippen LogP contribution in [0.25, 0.3) is 5.57 Å². The van der Waals surface area contributed by atoms with Gasteiger partial charge in [-0.1, -0.05) is 43.3 Å². The largest absolute Gasteiger partial charge is 0.492 e. The summed E-state index contributed by atoms with van der Waals surface area (Å²) in [6.07, 6.45) is 0.553. The summed E-state index contributed by atoms with van der Waals surface area (Å²) in [7, 11) is 0. The Balaban J connectivity index is 1.47. The van der Waals surface area contributed by atoms with Crippen molar-refractivity contribution in [2.75, 3.05) is 24.7 Å². The average Bonchev–Trinajstić information content (AvgIpc) is 2.84. The zero-order valence-corrected chi connectivity index (χ0v) is 18.8. The number of carboxylic acids is 1. The second-order valence-corrected chi connectivity index (χ2v) is 7.46. The molecule has 0 radical (unpaired) electrons. The molecule has 3 aromatic carbocycles. The first kappa shape index (κ1) is 22.3. The van der Waals surface area contributed by atoms with Crippen LogP contribution < -0.4 is 14.4 Å². The van der Waals surface area contributed by atoms with Crippen LogP contribution in [0.2, 0.25) is 0 Å². The molecule has 6 nitrogen and oxygen atoms in total. The normalized spacial score (nSPS) is 12.7. The molecule has 1 aliphatic rings. The highest BCUT2D eigenvalue weighted by Crippen LogP contribution is 2.45. The fourth-order valence-corrected chi connectivity index (χ4v) is 3.95. The number of anilines is 2. The summed E-state index contributed by atoms with van der Waals surface area (Å²) in [5.74, 6) is 1.31. The summed E-state index contributed by atoms with van der Waals surface area (Å²) in [5.41, 5.74) is 3.49. The monoisotopic (exact) mass is 445 g/mol. The van der Waals surface area contributed by atoms with Crippen molar-refractivity contribution >= 4 is 22.9 Å². The number of hydrogen-bond acceptors (Lipinski definition) is 5. The van der Waals surface area contributed by atoms with Crippen LogP contribution in [0.3, 0.4) is 0 Å². The number of para-hydroxylation sites is 4. The van der Waals surface area contributed by atoms with Crippen LogP contribution in [-0.2, 0) is 9.53 Å².